The normalized spacial score (nSPS) is 14.2. The van der Waals surface area contributed by atoms with Crippen LogP contribution in [-0.4, -0.2) is 65.1 Å². The summed E-state index contributed by atoms with van der Waals surface area (Å²) in [6, 6.07) is 17.7. The average Bonchev–Trinajstić information content (AvgIpc) is 3.07. The maximum absolute atomic E-state index is 14.5. The number of sulfonamides is 1. The quantitative estimate of drug-likeness (QED) is 0.246. The molecule has 0 bridgehead atoms. The second kappa shape index (κ2) is 15.8. The second-order valence-corrected chi connectivity index (χ2v) is 13.4. The molecule has 0 radical (unpaired) electrons. The fraction of sp³-hybridized carbons (Fsp3) is 0.429. The van der Waals surface area contributed by atoms with Gasteiger partial charge in [-0.15, -0.1) is 0 Å². The molecule has 1 N–H and O–H groups in total. The van der Waals surface area contributed by atoms with Gasteiger partial charge in [0, 0.05) is 18.7 Å². The molecule has 4 rings (SSSR count). The van der Waals surface area contributed by atoms with Crippen LogP contribution in [0.1, 0.15) is 56.6 Å². The minimum atomic E-state index is -4.29. The van der Waals surface area contributed by atoms with Gasteiger partial charge in [-0.05, 0) is 68.1 Å². The first-order valence-electron chi connectivity index (χ1n) is 15.7. The molecule has 3 aromatic carbocycles. The first-order valence-corrected chi connectivity index (χ1v) is 17.1. The van der Waals surface area contributed by atoms with Gasteiger partial charge in [-0.25, -0.2) is 8.42 Å². The lowest BCUT2D eigenvalue weighted by Gasteiger charge is -2.34. The van der Waals surface area contributed by atoms with Gasteiger partial charge in [-0.3, -0.25) is 13.9 Å². The molecule has 0 unspecified atom stereocenters. The molecule has 1 aliphatic carbocycles. The maximum atomic E-state index is 14.5. The molecule has 0 aliphatic heterocycles. The highest BCUT2D eigenvalue weighted by Crippen LogP contribution is 2.36. The molecule has 1 saturated carbocycles. The SMILES string of the molecule is CC[C@H](C(=O)NC1CCCCC1)N(Cc1cccc(OC)c1)C(=O)CN(c1cc(OC)ccc1OC)S(=O)(=O)c1ccc(C)cc1. The summed E-state index contributed by atoms with van der Waals surface area (Å²) in [4.78, 5) is 29.8. The topological polar surface area (TPSA) is 114 Å². The summed E-state index contributed by atoms with van der Waals surface area (Å²) >= 11 is 0. The number of amides is 2. The molecule has 0 aromatic heterocycles. The lowest BCUT2D eigenvalue weighted by atomic mass is 9.95. The number of aryl methyl sites for hydroxylation is 1. The predicted molar refractivity (Wildman–Crippen MR) is 178 cm³/mol. The van der Waals surface area contributed by atoms with Gasteiger partial charge in [0.05, 0.1) is 31.9 Å². The van der Waals surface area contributed by atoms with Crippen molar-refractivity contribution in [1.82, 2.24) is 10.2 Å². The molecule has 1 atom stereocenters. The van der Waals surface area contributed by atoms with Gasteiger partial charge < -0.3 is 24.4 Å². The summed E-state index contributed by atoms with van der Waals surface area (Å²) in [5.41, 5.74) is 1.76. The van der Waals surface area contributed by atoms with Gasteiger partial charge in [0.15, 0.2) is 0 Å². The van der Waals surface area contributed by atoms with Crippen molar-refractivity contribution >= 4 is 27.5 Å². The highest BCUT2D eigenvalue weighted by atomic mass is 32.2. The van der Waals surface area contributed by atoms with Gasteiger partial charge in [0.25, 0.3) is 10.0 Å². The van der Waals surface area contributed by atoms with E-state index in [-0.39, 0.29) is 34.8 Å². The number of methoxy groups -OCH3 is 3. The zero-order chi connectivity index (χ0) is 33.3. The number of hydrogen-bond acceptors (Lipinski definition) is 7. The number of carbonyl (C=O) groups excluding carboxylic acids is 2. The summed E-state index contributed by atoms with van der Waals surface area (Å²) in [5.74, 6) is 0.436. The van der Waals surface area contributed by atoms with Crippen molar-refractivity contribution in [3.63, 3.8) is 0 Å². The average molecular weight is 652 g/mol. The monoisotopic (exact) mass is 651 g/mol. The van der Waals surface area contributed by atoms with Crippen molar-refractivity contribution in [2.45, 2.75) is 75.9 Å². The highest BCUT2D eigenvalue weighted by molar-refractivity contribution is 7.92. The smallest absolute Gasteiger partial charge is 0.264 e. The molecule has 0 saturated heterocycles. The Morgan fingerprint density at radius 1 is 0.891 bits per heavy atom. The van der Waals surface area contributed by atoms with E-state index in [1.165, 1.54) is 37.3 Å². The standard InChI is InChI=1S/C35H45N3O7S/c1-6-31(35(40)36-27-12-8-7-9-13-27)37(23-26-11-10-14-28(21-26)43-3)34(39)24-38(32-22-29(44-4)17-20-33(32)45-5)46(41,42)30-18-15-25(2)16-19-30/h10-11,14-22,27,31H,6-9,12-13,23-24H2,1-5H3,(H,36,40)/t31-/m1/s1. The summed E-state index contributed by atoms with van der Waals surface area (Å²) in [7, 11) is 0.180. The number of rotatable bonds is 14. The number of carbonyl (C=O) groups is 2. The third kappa shape index (κ3) is 8.31. The summed E-state index contributed by atoms with van der Waals surface area (Å²) in [6.07, 6.45) is 5.35. The molecule has 0 spiro atoms. The van der Waals surface area contributed by atoms with Gasteiger partial charge in [-0.1, -0.05) is 56.0 Å². The molecular formula is C35H45N3O7S. The number of ether oxygens (including phenoxy) is 3. The van der Waals surface area contributed by atoms with E-state index in [9.17, 15) is 18.0 Å². The van der Waals surface area contributed by atoms with Crippen LogP contribution in [0.15, 0.2) is 71.6 Å². The number of nitrogens with one attached hydrogen (secondary N) is 1. The van der Waals surface area contributed by atoms with Crippen LogP contribution in [0, 0.1) is 6.92 Å². The minimum Gasteiger partial charge on any atom is -0.497 e. The van der Waals surface area contributed by atoms with E-state index >= 15 is 0 Å². The van der Waals surface area contributed by atoms with Crippen molar-refractivity contribution in [3.8, 4) is 17.2 Å². The van der Waals surface area contributed by atoms with E-state index in [0.29, 0.717) is 17.9 Å². The van der Waals surface area contributed by atoms with Gasteiger partial charge >= 0.3 is 0 Å². The second-order valence-electron chi connectivity index (χ2n) is 11.5. The van der Waals surface area contributed by atoms with Gasteiger partial charge in [-0.2, -0.15) is 0 Å². The Hall–Kier alpha value is -4.25. The molecule has 10 nitrogen and oxygen atoms in total. The fourth-order valence-corrected chi connectivity index (χ4v) is 7.19. The Morgan fingerprint density at radius 3 is 2.20 bits per heavy atom. The Bertz CT molecular complexity index is 1590. The summed E-state index contributed by atoms with van der Waals surface area (Å²) < 4.78 is 46.0. The predicted octanol–water partition coefficient (Wildman–Crippen LogP) is 5.47. The molecule has 0 heterocycles. The van der Waals surface area contributed by atoms with Crippen LogP contribution in [0.3, 0.4) is 0 Å². The van der Waals surface area contributed by atoms with Crippen LogP contribution in [-0.2, 0) is 26.2 Å². The first-order chi connectivity index (χ1) is 22.1. The van der Waals surface area contributed by atoms with Crippen LogP contribution in [0.2, 0.25) is 0 Å². The summed E-state index contributed by atoms with van der Waals surface area (Å²) in [5, 5.41) is 3.17. The van der Waals surface area contributed by atoms with Crippen molar-refractivity contribution in [3.05, 3.63) is 77.9 Å². The Labute approximate surface area is 272 Å². The van der Waals surface area contributed by atoms with E-state index in [2.05, 4.69) is 5.32 Å². The van der Waals surface area contributed by atoms with Crippen LogP contribution >= 0.6 is 0 Å². The minimum absolute atomic E-state index is 0.0113. The largest absolute Gasteiger partial charge is 0.497 e. The molecule has 11 heteroatoms. The first kappa shape index (κ1) is 34.6. The molecule has 3 aromatic rings. The lowest BCUT2D eigenvalue weighted by Crippen LogP contribution is -2.54. The Kier molecular flexibility index (Phi) is 11.9. The van der Waals surface area contributed by atoms with Crippen molar-refractivity contribution in [1.29, 1.82) is 0 Å². The molecule has 46 heavy (non-hydrogen) atoms. The molecule has 1 fully saturated rings. The lowest BCUT2D eigenvalue weighted by molar-refractivity contribution is -0.140. The van der Waals surface area contributed by atoms with Gasteiger partial charge in [0.2, 0.25) is 11.8 Å². The number of benzene rings is 3. The highest BCUT2D eigenvalue weighted by Gasteiger charge is 2.35. The number of hydrogen-bond donors (Lipinski definition) is 1. The van der Waals surface area contributed by atoms with Crippen LogP contribution in [0.5, 0.6) is 17.2 Å². The molecule has 248 valence electrons. The van der Waals surface area contributed by atoms with Gasteiger partial charge in [0.1, 0.15) is 29.8 Å². The molecule has 1 aliphatic rings. The van der Waals surface area contributed by atoms with E-state index in [1.807, 2.05) is 26.0 Å². The van der Waals surface area contributed by atoms with E-state index < -0.39 is 28.5 Å². The third-order valence-electron chi connectivity index (χ3n) is 8.37. The zero-order valence-corrected chi connectivity index (χ0v) is 28.1. The molecular weight excluding hydrogens is 606 g/mol. The third-order valence-corrected chi connectivity index (χ3v) is 10.1. The van der Waals surface area contributed by atoms with Crippen molar-refractivity contribution < 1.29 is 32.2 Å². The van der Waals surface area contributed by atoms with E-state index in [1.54, 1.807) is 43.5 Å². The van der Waals surface area contributed by atoms with Crippen LogP contribution in [0.4, 0.5) is 5.69 Å². The van der Waals surface area contributed by atoms with Crippen molar-refractivity contribution in [2.75, 3.05) is 32.2 Å². The molecule has 2 amide bonds. The number of nitrogens with zero attached hydrogens (tertiary/aromatic N) is 2. The fourth-order valence-electron chi connectivity index (χ4n) is 5.77. The summed E-state index contributed by atoms with van der Waals surface area (Å²) in [6.45, 7) is 3.20. The Morgan fingerprint density at radius 2 is 1.57 bits per heavy atom. The zero-order valence-electron chi connectivity index (χ0n) is 27.3. The van der Waals surface area contributed by atoms with E-state index in [0.717, 1.165) is 47.5 Å². The Balaban J connectivity index is 1.78. The van der Waals surface area contributed by atoms with Crippen LogP contribution in [0.25, 0.3) is 0 Å². The van der Waals surface area contributed by atoms with Crippen LogP contribution < -0.4 is 23.8 Å². The maximum Gasteiger partial charge on any atom is 0.264 e. The number of anilines is 1. The van der Waals surface area contributed by atoms with E-state index in [4.69, 9.17) is 14.2 Å². The van der Waals surface area contributed by atoms with Crippen molar-refractivity contribution in [2.24, 2.45) is 0 Å².